The fraction of sp³-hybridized carbons (Fsp3) is 0.556. The molecule has 0 aromatic carbocycles. The summed E-state index contributed by atoms with van der Waals surface area (Å²) in [5.74, 6) is 2.04. The summed E-state index contributed by atoms with van der Waals surface area (Å²) >= 11 is 0. The molecule has 1 saturated heterocycles. The molecule has 0 aliphatic carbocycles. The van der Waals surface area contributed by atoms with Crippen molar-refractivity contribution in [3.63, 3.8) is 0 Å². The Bertz CT molecular complexity index is 676. The number of piperidine rings is 1. The topological polar surface area (TPSA) is 63.3 Å². The van der Waals surface area contributed by atoms with Crippen LogP contribution in [-0.4, -0.2) is 40.0 Å². The first-order chi connectivity index (χ1) is 11.6. The second-order valence-corrected chi connectivity index (χ2v) is 6.68. The predicted octanol–water partition coefficient (Wildman–Crippen LogP) is 2.35. The van der Waals surface area contributed by atoms with Gasteiger partial charge < -0.3 is 14.3 Å². The molecule has 24 heavy (non-hydrogen) atoms. The van der Waals surface area contributed by atoms with E-state index >= 15 is 0 Å². The summed E-state index contributed by atoms with van der Waals surface area (Å²) in [6.07, 6.45) is 8.84. The van der Waals surface area contributed by atoms with Crippen LogP contribution < -0.4 is 5.32 Å². The lowest BCUT2D eigenvalue weighted by molar-refractivity contribution is 0.0917. The van der Waals surface area contributed by atoms with Crippen molar-refractivity contribution in [2.75, 3.05) is 19.6 Å². The molecule has 0 unspecified atom stereocenters. The van der Waals surface area contributed by atoms with Gasteiger partial charge in [0.1, 0.15) is 5.82 Å². The van der Waals surface area contributed by atoms with Crippen molar-refractivity contribution in [1.29, 1.82) is 0 Å². The maximum absolute atomic E-state index is 12.1. The van der Waals surface area contributed by atoms with Crippen LogP contribution in [0.4, 0.5) is 0 Å². The summed E-state index contributed by atoms with van der Waals surface area (Å²) in [5, 5.41) is 2.98. The molecule has 0 saturated carbocycles. The number of nitrogens with one attached hydrogen (secondary N) is 1. The molecule has 130 valence electrons. The highest BCUT2D eigenvalue weighted by atomic mass is 16.3. The Morgan fingerprint density at radius 1 is 1.50 bits per heavy atom. The number of aryl methyl sites for hydroxylation is 2. The zero-order valence-corrected chi connectivity index (χ0v) is 14.5. The number of aromatic nitrogens is 2. The third-order valence-electron chi connectivity index (χ3n) is 4.80. The summed E-state index contributed by atoms with van der Waals surface area (Å²) in [6.45, 7) is 5.68. The van der Waals surface area contributed by atoms with E-state index in [0.29, 0.717) is 18.2 Å². The Morgan fingerprint density at radius 3 is 3.08 bits per heavy atom. The van der Waals surface area contributed by atoms with Crippen LogP contribution >= 0.6 is 0 Å². The number of imidazole rings is 1. The number of furan rings is 1. The Labute approximate surface area is 142 Å². The molecule has 0 bridgehead atoms. The fourth-order valence-electron chi connectivity index (χ4n) is 3.35. The van der Waals surface area contributed by atoms with E-state index in [0.717, 1.165) is 37.4 Å². The predicted molar refractivity (Wildman–Crippen MR) is 91.6 cm³/mol. The van der Waals surface area contributed by atoms with Gasteiger partial charge in [-0.15, -0.1) is 0 Å². The van der Waals surface area contributed by atoms with Crippen molar-refractivity contribution >= 4 is 5.91 Å². The van der Waals surface area contributed by atoms with Crippen molar-refractivity contribution in [2.24, 2.45) is 13.0 Å². The molecule has 3 rings (SSSR count). The average Bonchev–Trinajstić information content (AvgIpc) is 3.17. The highest BCUT2D eigenvalue weighted by Crippen LogP contribution is 2.20. The van der Waals surface area contributed by atoms with E-state index in [1.807, 2.05) is 32.4 Å². The summed E-state index contributed by atoms with van der Waals surface area (Å²) in [6, 6.07) is 1.81. The van der Waals surface area contributed by atoms with Gasteiger partial charge in [-0.25, -0.2) is 4.98 Å². The van der Waals surface area contributed by atoms with Gasteiger partial charge in [0, 0.05) is 38.1 Å². The van der Waals surface area contributed by atoms with Crippen LogP contribution in [0, 0.1) is 12.8 Å². The monoisotopic (exact) mass is 330 g/mol. The first kappa shape index (κ1) is 16.8. The molecule has 1 atom stereocenters. The second kappa shape index (κ2) is 7.66. The lowest BCUT2D eigenvalue weighted by Crippen LogP contribution is -2.37. The first-order valence-electron chi connectivity index (χ1n) is 8.64. The van der Waals surface area contributed by atoms with Crippen molar-refractivity contribution in [1.82, 2.24) is 19.8 Å². The first-order valence-corrected chi connectivity index (χ1v) is 8.64. The summed E-state index contributed by atoms with van der Waals surface area (Å²) in [5.41, 5.74) is 0.881. The second-order valence-electron chi connectivity index (χ2n) is 6.68. The third kappa shape index (κ3) is 4.06. The lowest BCUT2D eigenvalue weighted by Gasteiger charge is -2.32. The minimum atomic E-state index is -0.113. The van der Waals surface area contributed by atoms with E-state index in [2.05, 4.69) is 19.8 Å². The number of carbonyl (C=O) groups is 1. The summed E-state index contributed by atoms with van der Waals surface area (Å²) in [4.78, 5) is 18.9. The maximum Gasteiger partial charge on any atom is 0.287 e. The van der Waals surface area contributed by atoms with E-state index in [4.69, 9.17) is 4.42 Å². The van der Waals surface area contributed by atoms with Crippen molar-refractivity contribution in [3.05, 3.63) is 41.9 Å². The van der Waals surface area contributed by atoms with E-state index in [1.165, 1.54) is 12.8 Å². The van der Waals surface area contributed by atoms with Gasteiger partial charge in [0.25, 0.3) is 5.91 Å². The molecule has 1 N–H and O–H groups in total. The number of hydrogen-bond donors (Lipinski definition) is 1. The van der Waals surface area contributed by atoms with Crippen molar-refractivity contribution in [3.8, 4) is 0 Å². The molecule has 6 nitrogen and oxygen atoms in total. The number of rotatable bonds is 6. The van der Waals surface area contributed by atoms with Crippen molar-refractivity contribution < 1.29 is 9.21 Å². The van der Waals surface area contributed by atoms with Gasteiger partial charge in [-0.3, -0.25) is 9.69 Å². The van der Waals surface area contributed by atoms with E-state index < -0.39 is 0 Å². The Hall–Kier alpha value is -2.08. The zero-order valence-electron chi connectivity index (χ0n) is 14.5. The van der Waals surface area contributed by atoms with E-state index in [1.54, 1.807) is 6.26 Å². The Balaban J connectivity index is 1.43. The lowest BCUT2D eigenvalue weighted by atomic mass is 9.95. The highest BCUT2D eigenvalue weighted by molar-refractivity contribution is 5.92. The number of nitrogens with zero attached hydrogens (tertiary/aromatic N) is 3. The summed E-state index contributed by atoms with van der Waals surface area (Å²) < 4.78 is 7.30. The van der Waals surface area contributed by atoms with Crippen LogP contribution in [0.3, 0.4) is 0 Å². The van der Waals surface area contributed by atoms with Gasteiger partial charge in [-0.2, -0.15) is 0 Å². The molecular weight excluding hydrogens is 304 g/mol. The molecule has 1 aliphatic rings. The van der Waals surface area contributed by atoms with Crippen LogP contribution in [0.2, 0.25) is 0 Å². The SMILES string of the molecule is Cc1ccoc1C(=O)NCC[C@H]1CCCN(Cc2nccn2C)C1. The number of carbonyl (C=O) groups excluding carboxylic acids is 1. The average molecular weight is 330 g/mol. The summed E-state index contributed by atoms with van der Waals surface area (Å²) in [7, 11) is 2.04. The maximum atomic E-state index is 12.1. The quantitative estimate of drug-likeness (QED) is 0.883. The van der Waals surface area contributed by atoms with Gasteiger partial charge in [-0.05, 0) is 44.7 Å². The Kier molecular flexibility index (Phi) is 5.35. The molecule has 0 radical (unpaired) electrons. The van der Waals surface area contributed by atoms with Crippen LogP contribution in [-0.2, 0) is 13.6 Å². The number of likely N-dealkylation sites (tertiary alicyclic amines) is 1. The van der Waals surface area contributed by atoms with Crippen LogP contribution in [0.15, 0.2) is 29.1 Å². The molecule has 2 aromatic heterocycles. The van der Waals surface area contributed by atoms with E-state index in [-0.39, 0.29) is 5.91 Å². The zero-order chi connectivity index (χ0) is 16.9. The highest BCUT2D eigenvalue weighted by Gasteiger charge is 2.21. The number of hydrogen-bond acceptors (Lipinski definition) is 4. The minimum Gasteiger partial charge on any atom is -0.459 e. The largest absolute Gasteiger partial charge is 0.459 e. The van der Waals surface area contributed by atoms with E-state index in [9.17, 15) is 4.79 Å². The van der Waals surface area contributed by atoms with Crippen LogP contribution in [0.1, 0.15) is 41.2 Å². The molecular formula is C18H26N4O2. The van der Waals surface area contributed by atoms with Gasteiger partial charge in [0.05, 0.1) is 12.8 Å². The smallest absolute Gasteiger partial charge is 0.287 e. The van der Waals surface area contributed by atoms with Gasteiger partial charge in [0.15, 0.2) is 5.76 Å². The molecule has 1 fully saturated rings. The standard InChI is InChI=1S/C18H26N4O2/c1-14-6-11-24-17(14)18(23)20-7-5-15-4-3-9-22(12-15)13-16-19-8-10-21(16)2/h6,8,10-11,15H,3-5,7,9,12-13H2,1-2H3,(H,20,23)/t15-/m1/s1. The molecule has 0 spiro atoms. The molecule has 1 amide bonds. The molecule has 3 heterocycles. The third-order valence-corrected chi connectivity index (χ3v) is 4.80. The van der Waals surface area contributed by atoms with Crippen LogP contribution in [0.5, 0.6) is 0 Å². The molecule has 2 aromatic rings. The minimum absolute atomic E-state index is 0.113. The van der Waals surface area contributed by atoms with Crippen LogP contribution in [0.25, 0.3) is 0 Å². The fourth-order valence-corrected chi connectivity index (χ4v) is 3.35. The number of amides is 1. The van der Waals surface area contributed by atoms with Crippen molar-refractivity contribution in [2.45, 2.75) is 32.7 Å². The Morgan fingerprint density at radius 2 is 2.38 bits per heavy atom. The molecule has 1 aliphatic heterocycles. The van der Waals surface area contributed by atoms with Gasteiger partial charge >= 0.3 is 0 Å². The normalized spacial score (nSPS) is 18.7. The molecule has 6 heteroatoms. The van der Waals surface area contributed by atoms with Gasteiger partial charge in [0.2, 0.25) is 0 Å². The van der Waals surface area contributed by atoms with Gasteiger partial charge in [-0.1, -0.05) is 0 Å².